The van der Waals surface area contributed by atoms with E-state index >= 15 is 0 Å². The highest BCUT2D eigenvalue weighted by molar-refractivity contribution is 5.45. The molecule has 0 saturated carbocycles. The largest absolute Gasteiger partial charge is 0.508 e. The summed E-state index contributed by atoms with van der Waals surface area (Å²) in [5.74, 6) is 2.44. The number of benzene rings is 3. The Labute approximate surface area is 171 Å². The molecule has 0 heterocycles. The second-order valence-corrected chi connectivity index (χ2v) is 7.46. The number of aryl methyl sites for hydroxylation is 1. The number of fused-ring (bicyclic) bond motifs is 1. The van der Waals surface area contributed by atoms with E-state index in [4.69, 9.17) is 15.3 Å². The molecule has 1 unspecified atom stereocenters. The number of ether oxygens (including phenoxy) is 1. The van der Waals surface area contributed by atoms with E-state index in [9.17, 15) is 5.11 Å². The van der Waals surface area contributed by atoms with E-state index < -0.39 is 0 Å². The van der Waals surface area contributed by atoms with Crippen molar-refractivity contribution >= 4 is 5.69 Å². The molecule has 29 heavy (non-hydrogen) atoms. The van der Waals surface area contributed by atoms with Crippen LogP contribution in [0.25, 0.3) is 0 Å². The minimum absolute atomic E-state index is 0.221. The number of anilines is 1. The van der Waals surface area contributed by atoms with Gasteiger partial charge in [-0.25, -0.2) is 5.48 Å². The molecule has 1 atom stereocenters. The van der Waals surface area contributed by atoms with Gasteiger partial charge in [-0.3, -0.25) is 0 Å². The number of hydrogen-bond acceptors (Lipinski definition) is 5. The van der Waals surface area contributed by atoms with E-state index in [0.29, 0.717) is 18.3 Å². The molecule has 3 aromatic carbocycles. The van der Waals surface area contributed by atoms with Crippen LogP contribution >= 0.6 is 0 Å². The summed E-state index contributed by atoms with van der Waals surface area (Å²) in [4.78, 5) is 5.55. The van der Waals surface area contributed by atoms with Crippen molar-refractivity contribution in [1.29, 1.82) is 0 Å². The van der Waals surface area contributed by atoms with Crippen molar-refractivity contribution in [3.05, 3.63) is 83.4 Å². The Morgan fingerprint density at radius 2 is 1.69 bits per heavy atom. The monoisotopic (exact) mass is 390 g/mol. The Hall–Kier alpha value is -3.18. The molecule has 150 valence electrons. The molecule has 0 fully saturated rings. The maximum absolute atomic E-state index is 9.30. The van der Waals surface area contributed by atoms with E-state index in [1.807, 2.05) is 24.3 Å². The summed E-state index contributed by atoms with van der Waals surface area (Å²) in [7, 11) is 0. The van der Waals surface area contributed by atoms with Crippen molar-refractivity contribution in [3.8, 4) is 17.2 Å². The predicted octanol–water partition coefficient (Wildman–Crippen LogP) is 4.44. The van der Waals surface area contributed by atoms with Gasteiger partial charge in [0.15, 0.2) is 5.75 Å². The van der Waals surface area contributed by atoms with Crippen LogP contribution in [0.4, 0.5) is 5.69 Å². The molecule has 4 rings (SSSR count). The van der Waals surface area contributed by atoms with Crippen molar-refractivity contribution in [2.75, 3.05) is 12.0 Å². The van der Waals surface area contributed by atoms with Crippen LogP contribution in [0, 0.1) is 5.92 Å². The highest BCUT2D eigenvalue weighted by atomic mass is 16.6. The molecule has 0 amide bonds. The first-order valence-electron chi connectivity index (χ1n) is 9.95. The van der Waals surface area contributed by atoms with Crippen LogP contribution in [0.1, 0.15) is 23.1 Å². The van der Waals surface area contributed by atoms with Crippen molar-refractivity contribution in [1.82, 2.24) is 0 Å². The highest BCUT2D eigenvalue weighted by Crippen LogP contribution is 2.28. The van der Waals surface area contributed by atoms with E-state index in [2.05, 4.69) is 23.7 Å². The van der Waals surface area contributed by atoms with Crippen LogP contribution in [0.2, 0.25) is 0 Å². The summed E-state index contributed by atoms with van der Waals surface area (Å²) in [6.45, 7) is 1.28. The minimum Gasteiger partial charge on any atom is -0.508 e. The van der Waals surface area contributed by atoms with E-state index in [1.165, 1.54) is 11.1 Å². The van der Waals surface area contributed by atoms with Gasteiger partial charge in [0.05, 0.1) is 5.69 Å². The molecule has 0 saturated heterocycles. The van der Waals surface area contributed by atoms with Crippen LogP contribution in [-0.2, 0) is 19.4 Å². The lowest BCUT2D eigenvalue weighted by Crippen LogP contribution is -2.22. The first-order valence-corrected chi connectivity index (χ1v) is 9.95. The second kappa shape index (κ2) is 8.88. The van der Waals surface area contributed by atoms with Gasteiger partial charge in [0.1, 0.15) is 18.1 Å². The van der Waals surface area contributed by atoms with Gasteiger partial charge < -0.3 is 20.4 Å². The Morgan fingerprint density at radius 3 is 2.45 bits per heavy atom. The zero-order valence-corrected chi connectivity index (χ0v) is 16.3. The molecule has 3 aromatic rings. The van der Waals surface area contributed by atoms with Gasteiger partial charge >= 0.3 is 0 Å². The number of aromatic hydroxyl groups is 1. The van der Waals surface area contributed by atoms with E-state index in [1.54, 1.807) is 24.3 Å². The lowest BCUT2D eigenvalue weighted by molar-refractivity contribution is 0.305. The van der Waals surface area contributed by atoms with Gasteiger partial charge in [-0.15, -0.1) is 0 Å². The number of phenolic OH excluding ortho intramolecular Hbond substituents is 1. The van der Waals surface area contributed by atoms with Gasteiger partial charge in [0.2, 0.25) is 0 Å². The first-order chi connectivity index (χ1) is 14.2. The lowest BCUT2D eigenvalue weighted by Gasteiger charge is -2.23. The third-order valence-corrected chi connectivity index (χ3v) is 5.32. The molecule has 0 aromatic heterocycles. The second-order valence-electron chi connectivity index (χ2n) is 7.46. The van der Waals surface area contributed by atoms with Gasteiger partial charge in [-0.05, 0) is 96.9 Å². The number of phenols is 1. The number of nitrogens with two attached hydrogens (primary N) is 1. The fraction of sp³-hybridized carbons (Fsp3) is 0.250. The molecule has 1 aliphatic carbocycles. The third-order valence-electron chi connectivity index (χ3n) is 5.32. The molecule has 4 N–H and O–H groups in total. The van der Waals surface area contributed by atoms with Gasteiger partial charge in [-0.1, -0.05) is 18.2 Å². The maximum Gasteiger partial charge on any atom is 0.155 e. The maximum atomic E-state index is 9.30. The van der Waals surface area contributed by atoms with Crippen LogP contribution < -0.4 is 20.8 Å². The van der Waals surface area contributed by atoms with Gasteiger partial charge in [0, 0.05) is 0 Å². The molecular formula is C24H26N2O3. The summed E-state index contributed by atoms with van der Waals surface area (Å²) in [5.41, 5.74) is 13.3. The zero-order chi connectivity index (χ0) is 20.1. The van der Waals surface area contributed by atoms with E-state index in [0.717, 1.165) is 42.8 Å². The molecule has 0 spiro atoms. The Kier molecular flexibility index (Phi) is 5.86. The van der Waals surface area contributed by atoms with Crippen molar-refractivity contribution < 1.29 is 14.7 Å². The fourth-order valence-corrected chi connectivity index (χ4v) is 3.57. The average molecular weight is 390 g/mol. The van der Waals surface area contributed by atoms with Crippen LogP contribution in [0.5, 0.6) is 17.2 Å². The fourth-order valence-electron chi connectivity index (χ4n) is 3.57. The number of nitrogens with one attached hydrogen (secondary N) is 1. The van der Waals surface area contributed by atoms with Crippen molar-refractivity contribution in [2.45, 2.75) is 25.9 Å². The molecular weight excluding hydrogens is 364 g/mol. The van der Waals surface area contributed by atoms with Crippen LogP contribution in [-0.4, -0.2) is 11.7 Å². The average Bonchev–Trinajstić information content (AvgIpc) is 2.77. The molecule has 0 radical (unpaired) electrons. The summed E-state index contributed by atoms with van der Waals surface area (Å²) >= 11 is 0. The highest BCUT2D eigenvalue weighted by Gasteiger charge is 2.17. The summed E-state index contributed by atoms with van der Waals surface area (Å²) in [5, 5.41) is 9.30. The van der Waals surface area contributed by atoms with Crippen molar-refractivity contribution in [3.63, 3.8) is 0 Å². The Bertz CT molecular complexity index is 939. The summed E-state index contributed by atoms with van der Waals surface area (Å²) < 4.78 is 5.99. The SMILES string of the molecule is NCC1CCc2cc(OCc3ccc(ONc4ccc(O)cc4)cc3)ccc2C1. The molecule has 1 aliphatic rings. The smallest absolute Gasteiger partial charge is 0.155 e. The van der Waals surface area contributed by atoms with Crippen LogP contribution in [0.3, 0.4) is 0 Å². The van der Waals surface area contributed by atoms with Gasteiger partial charge in [-0.2, -0.15) is 0 Å². The van der Waals surface area contributed by atoms with Crippen molar-refractivity contribution in [2.24, 2.45) is 11.7 Å². The first kappa shape index (κ1) is 19.2. The quantitative estimate of drug-likeness (QED) is 0.411. The third kappa shape index (κ3) is 5.00. The Balaban J connectivity index is 1.29. The number of hydrogen-bond donors (Lipinski definition) is 3. The van der Waals surface area contributed by atoms with Gasteiger partial charge in [0.25, 0.3) is 0 Å². The molecule has 5 nitrogen and oxygen atoms in total. The van der Waals surface area contributed by atoms with Crippen LogP contribution in [0.15, 0.2) is 66.7 Å². The molecule has 5 heteroatoms. The summed E-state index contributed by atoms with van der Waals surface area (Å²) in [6, 6.07) is 20.8. The minimum atomic E-state index is 0.221. The molecule has 0 bridgehead atoms. The zero-order valence-electron chi connectivity index (χ0n) is 16.3. The normalized spacial score (nSPS) is 15.4. The topological polar surface area (TPSA) is 76.7 Å². The summed E-state index contributed by atoms with van der Waals surface area (Å²) in [6.07, 6.45) is 3.31. The predicted molar refractivity (Wildman–Crippen MR) is 114 cm³/mol. The Morgan fingerprint density at radius 1 is 0.931 bits per heavy atom. The van der Waals surface area contributed by atoms with E-state index in [-0.39, 0.29) is 5.75 Å². The standard InChI is InChI=1S/C24H26N2O3/c25-15-18-1-4-20-14-24(12-5-19(20)13-18)28-16-17-2-10-23(11-3-17)29-26-21-6-8-22(27)9-7-21/h2-3,5-12,14,18,26-27H,1,4,13,15-16,25H2. The molecule has 0 aliphatic heterocycles. The lowest BCUT2D eigenvalue weighted by atomic mass is 9.84. The number of rotatable bonds is 7.